The lowest BCUT2D eigenvalue weighted by Crippen LogP contribution is -2.50. The van der Waals surface area contributed by atoms with Gasteiger partial charge in [-0.1, -0.05) is 34.8 Å². The summed E-state index contributed by atoms with van der Waals surface area (Å²) in [6.07, 6.45) is 2.26. The fourth-order valence-corrected chi connectivity index (χ4v) is 5.75. The van der Waals surface area contributed by atoms with Crippen LogP contribution in [0.1, 0.15) is 41.5 Å². The zero-order valence-electron chi connectivity index (χ0n) is 32.0. The Kier molecular flexibility index (Phi) is 15.4. The highest BCUT2D eigenvalue weighted by molar-refractivity contribution is 6.33. The Hall–Kier alpha value is -4.79. The Morgan fingerprint density at radius 3 is 1.35 bits per heavy atom. The van der Waals surface area contributed by atoms with Gasteiger partial charge in [-0.05, 0) is 90.1 Å². The fourth-order valence-electron chi connectivity index (χ4n) is 5.25. The number of carbonyl (C=O) groups excluding carboxylic acids is 2. The van der Waals surface area contributed by atoms with Crippen molar-refractivity contribution in [3.05, 3.63) is 88.8 Å². The van der Waals surface area contributed by atoms with E-state index < -0.39 is 11.2 Å². The number of nitrogen functional groups attached to an aromatic ring is 1. The monoisotopic (exact) mass is 814 g/mol. The van der Waals surface area contributed by atoms with Crippen molar-refractivity contribution >= 4 is 75.6 Å². The van der Waals surface area contributed by atoms with Crippen molar-refractivity contribution in [2.45, 2.75) is 52.7 Å². The lowest BCUT2D eigenvalue weighted by Gasteiger charge is -2.36. The third kappa shape index (κ3) is 15.1. The van der Waals surface area contributed by atoms with Gasteiger partial charge >= 0.3 is 12.2 Å². The summed E-state index contributed by atoms with van der Waals surface area (Å²) in [7, 11) is 0. The minimum atomic E-state index is -0.467. The molecule has 0 spiro atoms. The standard InChI is InChI=1S/C19H24ClN5O2.C15H23N3O2.C4H2Cl2N2/c1-19(2,3)27-18(26)25-10-8-24(9-11-25)15-6-4-14(5-7-15)23-17-12-16(20)21-13-22-17;1-15(2,3)20-14(19)18-10-8-17(9-11-18)13-6-4-12(16)5-7-13;5-3-1-4(6)8-2-7-3/h4-7,12-13H,8-11H2,1-3H3,(H,21,22,23);4-7H,8-11,16H2,1-3H3;1-2H. The molecule has 2 amide bonds. The molecule has 3 N–H and O–H groups in total. The molecule has 2 aromatic carbocycles. The van der Waals surface area contributed by atoms with Crippen LogP contribution in [0.2, 0.25) is 15.5 Å². The predicted octanol–water partition coefficient (Wildman–Crippen LogP) is 8.04. The lowest BCUT2D eigenvalue weighted by atomic mass is 10.2. The van der Waals surface area contributed by atoms with Crippen molar-refractivity contribution in [3.8, 4) is 0 Å². The summed E-state index contributed by atoms with van der Waals surface area (Å²) in [5, 5.41) is 4.32. The zero-order chi connectivity index (χ0) is 40.2. The normalized spacial score (nSPS) is 14.5. The average Bonchev–Trinajstić information content (AvgIpc) is 3.12. The van der Waals surface area contributed by atoms with Crippen molar-refractivity contribution in [3.63, 3.8) is 0 Å². The van der Waals surface area contributed by atoms with E-state index in [0.29, 0.717) is 47.5 Å². The summed E-state index contributed by atoms with van der Waals surface area (Å²) < 4.78 is 10.8. The molecule has 2 saturated heterocycles. The first kappa shape index (κ1) is 42.9. The van der Waals surface area contributed by atoms with Crippen LogP contribution in [0.25, 0.3) is 0 Å². The number of benzene rings is 2. The molecule has 2 fully saturated rings. The van der Waals surface area contributed by atoms with Gasteiger partial charge in [-0.2, -0.15) is 0 Å². The minimum Gasteiger partial charge on any atom is -0.444 e. The summed E-state index contributed by atoms with van der Waals surface area (Å²) in [5.41, 5.74) is 8.72. The van der Waals surface area contributed by atoms with E-state index in [2.05, 4.69) is 35.1 Å². The first-order valence-corrected chi connectivity index (χ1v) is 18.9. The van der Waals surface area contributed by atoms with Crippen LogP contribution in [0.3, 0.4) is 0 Å². The summed E-state index contributed by atoms with van der Waals surface area (Å²) in [6, 6.07) is 19.1. The minimum absolute atomic E-state index is 0.227. The predicted molar refractivity (Wildman–Crippen MR) is 220 cm³/mol. The number of rotatable bonds is 4. The molecule has 0 saturated carbocycles. The van der Waals surface area contributed by atoms with Gasteiger partial charge < -0.3 is 40.1 Å². The lowest BCUT2D eigenvalue weighted by molar-refractivity contribution is 0.0230. The molecule has 0 aliphatic carbocycles. The van der Waals surface area contributed by atoms with Gasteiger partial charge in [0.2, 0.25) is 0 Å². The number of aromatic nitrogens is 4. The fraction of sp³-hybridized carbons (Fsp3) is 0.421. The molecule has 2 aromatic heterocycles. The van der Waals surface area contributed by atoms with E-state index in [0.717, 1.165) is 48.9 Å². The number of carbonyl (C=O) groups is 2. The highest BCUT2D eigenvalue weighted by Crippen LogP contribution is 2.23. The Morgan fingerprint density at radius 2 is 0.982 bits per heavy atom. The third-order valence-electron chi connectivity index (χ3n) is 7.86. The molecule has 2 aliphatic heterocycles. The quantitative estimate of drug-likeness (QED) is 0.151. The van der Waals surface area contributed by atoms with E-state index in [4.69, 9.17) is 50.0 Å². The van der Waals surface area contributed by atoms with Crippen molar-refractivity contribution in [1.82, 2.24) is 29.7 Å². The SMILES string of the molecule is CC(C)(C)OC(=O)N1CCN(c2ccc(N)cc2)CC1.CC(C)(C)OC(=O)N1CCN(c2ccc(Nc3cc(Cl)ncn3)cc2)CC1.Clc1cc(Cl)ncn1. The Morgan fingerprint density at radius 1 is 0.600 bits per heavy atom. The van der Waals surface area contributed by atoms with Gasteiger partial charge in [0.1, 0.15) is 45.1 Å². The summed E-state index contributed by atoms with van der Waals surface area (Å²) in [6.45, 7) is 17.1. The summed E-state index contributed by atoms with van der Waals surface area (Å²) in [5.74, 6) is 0.647. The Labute approximate surface area is 337 Å². The van der Waals surface area contributed by atoms with Gasteiger partial charge in [0.15, 0.2) is 0 Å². The molecule has 0 unspecified atom stereocenters. The van der Waals surface area contributed by atoms with Crippen LogP contribution in [0.15, 0.2) is 73.3 Å². The number of amides is 2. The van der Waals surface area contributed by atoms with E-state index in [1.165, 1.54) is 18.7 Å². The van der Waals surface area contributed by atoms with Crippen molar-refractivity contribution < 1.29 is 19.1 Å². The van der Waals surface area contributed by atoms with Crippen molar-refractivity contribution in [2.24, 2.45) is 0 Å². The molecule has 2 aliphatic rings. The van der Waals surface area contributed by atoms with Gasteiger partial charge in [-0.3, -0.25) is 0 Å². The number of nitrogens with one attached hydrogen (secondary N) is 1. The van der Waals surface area contributed by atoms with Crippen LogP contribution in [-0.2, 0) is 9.47 Å². The second-order valence-electron chi connectivity index (χ2n) is 14.6. The number of nitrogens with two attached hydrogens (primary N) is 1. The molecule has 4 aromatic rings. The van der Waals surface area contributed by atoms with Crippen LogP contribution < -0.4 is 20.9 Å². The van der Waals surface area contributed by atoms with Crippen molar-refractivity contribution in [1.29, 1.82) is 0 Å². The van der Waals surface area contributed by atoms with E-state index in [-0.39, 0.29) is 12.2 Å². The van der Waals surface area contributed by atoms with Crippen LogP contribution >= 0.6 is 34.8 Å². The van der Waals surface area contributed by atoms with Gasteiger partial charge in [-0.15, -0.1) is 0 Å². The van der Waals surface area contributed by atoms with Gasteiger partial charge in [0, 0.05) is 87.2 Å². The molecule has 0 atom stereocenters. The summed E-state index contributed by atoms with van der Waals surface area (Å²) >= 11 is 16.7. The van der Waals surface area contributed by atoms with E-state index >= 15 is 0 Å². The third-order valence-corrected chi connectivity index (χ3v) is 8.48. The first-order chi connectivity index (χ1) is 25.9. The second kappa shape index (κ2) is 19.7. The number of halogens is 3. The zero-order valence-corrected chi connectivity index (χ0v) is 34.3. The molecule has 0 bridgehead atoms. The maximum Gasteiger partial charge on any atom is 0.410 e. The maximum atomic E-state index is 12.2. The number of anilines is 5. The van der Waals surface area contributed by atoms with Crippen LogP contribution in [-0.4, -0.2) is 105 Å². The largest absolute Gasteiger partial charge is 0.444 e. The number of hydrogen-bond donors (Lipinski definition) is 2. The van der Waals surface area contributed by atoms with E-state index in [1.807, 2.05) is 90.1 Å². The molecule has 17 heteroatoms. The molecular weight excluding hydrogens is 767 g/mol. The van der Waals surface area contributed by atoms with Crippen LogP contribution in [0.5, 0.6) is 0 Å². The van der Waals surface area contributed by atoms with E-state index in [9.17, 15) is 9.59 Å². The number of nitrogens with zero attached hydrogens (tertiary/aromatic N) is 8. The topological polar surface area (TPSA) is 155 Å². The highest BCUT2D eigenvalue weighted by atomic mass is 35.5. The molecule has 55 heavy (non-hydrogen) atoms. The molecule has 4 heterocycles. The molecule has 0 radical (unpaired) electrons. The van der Waals surface area contributed by atoms with Crippen LogP contribution in [0.4, 0.5) is 38.2 Å². The molecule has 296 valence electrons. The average molecular weight is 816 g/mol. The van der Waals surface area contributed by atoms with Gasteiger partial charge in [0.05, 0.1) is 0 Å². The van der Waals surface area contributed by atoms with E-state index in [1.54, 1.807) is 15.9 Å². The molecule has 6 rings (SSSR count). The first-order valence-electron chi connectivity index (χ1n) is 17.7. The Balaban J connectivity index is 0.000000209. The van der Waals surface area contributed by atoms with Gasteiger partial charge in [0.25, 0.3) is 0 Å². The highest BCUT2D eigenvalue weighted by Gasteiger charge is 2.27. The number of ether oxygens (including phenoxy) is 2. The second-order valence-corrected chi connectivity index (χ2v) is 15.7. The Bertz CT molecular complexity index is 1810. The summed E-state index contributed by atoms with van der Waals surface area (Å²) in [4.78, 5) is 47.4. The number of hydrogen-bond acceptors (Lipinski definition) is 12. The van der Waals surface area contributed by atoms with Gasteiger partial charge in [-0.25, -0.2) is 29.5 Å². The maximum absolute atomic E-state index is 12.2. The molecule has 14 nitrogen and oxygen atoms in total. The van der Waals surface area contributed by atoms with Crippen LogP contribution in [0, 0.1) is 0 Å². The number of piperazine rings is 2. The van der Waals surface area contributed by atoms with Crippen molar-refractivity contribution in [2.75, 3.05) is 73.2 Å². The smallest absolute Gasteiger partial charge is 0.410 e. The molecular formula is C38H49Cl3N10O4.